The first-order valence-electron chi connectivity index (χ1n) is 4.71. The van der Waals surface area contributed by atoms with E-state index in [1.165, 1.54) is 6.20 Å². The van der Waals surface area contributed by atoms with Crippen molar-refractivity contribution in [3.8, 4) is 0 Å². The van der Waals surface area contributed by atoms with Gasteiger partial charge in [-0.1, -0.05) is 6.92 Å². The maximum absolute atomic E-state index is 11.6. The summed E-state index contributed by atoms with van der Waals surface area (Å²) in [5.74, 6) is -0.486. The summed E-state index contributed by atoms with van der Waals surface area (Å²) in [5, 5.41) is 8.32. The fourth-order valence-electron chi connectivity index (χ4n) is 1.03. The van der Waals surface area contributed by atoms with E-state index in [1.807, 2.05) is 6.92 Å². The van der Waals surface area contributed by atoms with E-state index >= 15 is 0 Å². The molecule has 0 spiro atoms. The zero-order valence-electron chi connectivity index (χ0n) is 8.73. The summed E-state index contributed by atoms with van der Waals surface area (Å²) < 4.78 is 25.3. The van der Waals surface area contributed by atoms with Crippen LogP contribution in [0.2, 0.25) is 0 Å². The minimum Gasteiger partial charge on any atom is -0.481 e. The fraction of sp³-hybridized carbons (Fsp3) is 0.500. The smallest absolute Gasteiger partial charge is 0.304 e. The fourth-order valence-corrected chi connectivity index (χ4v) is 2.00. The van der Waals surface area contributed by atoms with Gasteiger partial charge in [0.1, 0.15) is 5.82 Å². The van der Waals surface area contributed by atoms with Crippen LogP contribution in [0.15, 0.2) is 11.2 Å². The van der Waals surface area contributed by atoms with Crippen molar-refractivity contribution in [1.82, 2.24) is 14.7 Å². The number of carboxylic acids is 1. The first-order chi connectivity index (χ1) is 7.45. The average Bonchev–Trinajstić information content (AvgIpc) is 2.65. The van der Waals surface area contributed by atoms with E-state index in [4.69, 9.17) is 5.11 Å². The Hall–Kier alpha value is -1.41. The van der Waals surface area contributed by atoms with Crippen LogP contribution in [0.5, 0.6) is 0 Å². The number of aromatic nitrogens is 2. The molecule has 0 aliphatic rings. The van der Waals surface area contributed by atoms with Crippen molar-refractivity contribution in [2.75, 3.05) is 6.54 Å². The van der Waals surface area contributed by atoms with Gasteiger partial charge in [0.15, 0.2) is 5.03 Å². The summed E-state index contributed by atoms with van der Waals surface area (Å²) >= 11 is 0. The minimum atomic E-state index is -3.68. The standard InChI is InChI=1S/C8H13N3O4S/c1-2-6-9-5-7(11-6)16(14,15)10-4-3-8(12)13/h5,10H,2-4H2,1H3,(H,9,11)(H,12,13). The molecule has 1 aromatic rings. The molecule has 0 amide bonds. The lowest BCUT2D eigenvalue weighted by atomic mass is 10.5. The Labute approximate surface area is 93.0 Å². The molecule has 1 rings (SSSR count). The highest BCUT2D eigenvalue weighted by atomic mass is 32.2. The van der Waals surface area contributed by atoms with Gasteiger partial charge >= 0.3 is 5.97 Å². The van der Waals surface area contributed by atoms with Gasteiger partial charge in [-0.25, -0.2) is 18.1 Å². The van der Waals surface area contributed by atoms with Crippen LogP contribution in [0.25, 0.3) is 0 Å². The van der Waals surface area contributed by atoms with Crippen molar-refractivity contribution in [3.63, 3.8) is 0 Å². The molecule has 0 saturated heterocycles. The molecule has 16 heavy (non-hydrogen) atoms. The van der Waals surface area contributed by atoms with Crippen LogP contribution < -0.4 is 4.72 Å². The van der Waals surface area contributed by atoms with E-state index in [2.05, 4.69) is 14.7 Å². The Morgan fingerprint density at radius 2 is 2.31 bits per heavy atom. The van der Waals surface area contributed by atoms with Gasteiger partial charge in [0, 0.05) is 13.0 Å². The van der Waals surface area contributed by atoms with E-state index in [1.54, 1.807) is 0 Å². The maximum atomic E-state index is 11.6. The molecule has 0 saturated carbocycles. The van der Waals surface area contributed by atoms with Crippen LogP contribution in [0.4, 0.5) is 0 Å². The van der Waals surface area contributed by atoms with Crippen molar-refractivity contribution >= 4 is 16.0 Å². The number of aliphatic carboxylic acids is 1. The number of nitrogens with zero attached hydrogens (tertiary/aromatic N) is 1. The summed E-state index contributed by atoms with van der Waals surface area (Å²) in [4.78, 5) is 16.7. The lowest BCUT2D eigenvalue weighted by molar-refractivity contribution is -0.136. The molecular formula is C8H13N3O4S. The monoisotopic (exact) mass is 247 g/mol. The van der Waals surface area contributed by atoms with Crippen LogP contribution in [-0.4, -0.2) is 36.0 Å². The largest absolute Gasteiger partial charge is 0.481 e. The number of rotatable bonds is 6. The third kappa shape index (κ3) is 3.31. The van der Waals surface area contributed by atoms with E-state index in [0.717, 1.165) is 0 Å². The van der Waals surface area contributed by atoms with Gasteiger partial charge in [-0.3, -0.25) is 4.79 Å². The van der Waals surface area contributed by atoms with Gasteiger partial charge in [-0.2, -0.15) is 0 Å². The molecule has 0 bridgehead atoms. The van der Waals surface area contributed by atoms with Crippen molar-refractivity contribution in [2.24, 2.45) is 0 Å². The number of hydrogen-bond donors (Lipinski definition) is 3. The van der Waals surface area contributed by atoms with Crippen LogP contribution in [0.3, 0.4) is 0 Å². The number of aryl methyl sites for hydroxylation is 1. The number of H-pyrrole nitrogens is 1. The van der Waals surface area contributed by atoms with E-state index in [0.29, 0.717) is 12.2 Å². The molecule has 0 aliphatic heterocycles. The molecular weight excluding hydrogens is 234 g/mol. The highest BCUT2D eigenvalue weighted by Crippen LogP contribution is 2.05. The summed E-state index contributed by atoms with van der Waals surface area (Å²) in [6, 6.07) is 0. The van der Waals surface area contributed by atoms with Gasteiger partial charge in [0.2, 0.25) is 0 Å². The quantitative estimate of drug-likeness (QED) is 0.640. The predicted octanol–water partition coefficient (Wildman–Crippen LogP) is -0.275. The molecule has 1 aromatic heterocycles. The van der Waals surface area contributed by atoms with Crippen LogP contribution in [0.1, 0.15) is 19.2 Å². The number of hydrogen-bond acceptors (Lipinski definition) is 4. The number of aromatic amines is 1. The van der Waals surface area contributed by atoms with Gasteiger partial charge in [0.25, 0.3) is 10.0 Å². The topological polar surface area (TPSA) is 112 Å². The van der Waals surface area contributed by atoms with Gasteiger partial charge < -0.3 is 10.1 Å². The van der Waals surface area contributed by atoms with Gasteiger partial charge in [0.05, 0.1) is 12.6 Å². The molecule has 0 fully saturated rings. The summed E-state index contributed by atoms with van der Waals surface area (Å²) in [6.07, 6.45) is 1.56. The molecule has 0 unspecified atom stereocenters. The van der Waals surface area contributed by atoms with Gasteiger partial charge in [-0.05, 0) is 0 Å². The van der Waals surface area contributed by atoms with Crippen molar-refractivity contribution in [3.05, 3.63) is 12.0 Å². The normalized spacial score (nSPS) is 11.6. The average molecular weight is 247 g/mol. The maximum Gasteiger partial charge on any atom is 0.304 e. The second-order valence-electron chi connectivity index (χ2n) is 3.09. The van der Waals surface area contributed by atoms with Crippen molar-refractivity contribution in [2.45, 2.75) is 24.8 Å². The first kappa shape index (κ1) is 12.7. The molecule has 8 heteroatoms. The molecule has 7 nitrogen and oxygen atoms in total. The molecule has 1 heterocycles. The molecule has 0 radical (unpaired) electrons. The molecule has 0 aromatic carbocycles. The molecule has 0 atom stereocenters. The highest BCUT2D eigenvalue weighted by molar-refractivity contribution is 7.89. The Balaban J connectivity index is 2.66. The predicted molar refractivity (Wildman–Crippen MR) is 55.4 cm³/mol. The molecule has 90 valence electrons. The number of sulfonamides is 1. The number of nitrogens with one attached hydrogen (secondary N) is 2. The zero-order chi connectivity index (χ0) is 12.2. The first-order valence-corrected chi connectivity index (χ1v) is 6.19. The second kappa shape index (κ2) is 5.08. The Morgan fingerprint density at radius 3 is 2.81 bits per heavy atom. The van der Waals surface area contributed by atoms with Crippen molar-refractivity contribution < 1.29 is 18.3 Å². The minimum absolute atomic E-state index is 0.0465. The zero-order valence-corrected chi connectivity index (χ0v) is 9.54. The second-order valence-corrected chi connectivity index (χ2v) is 4.82. The number of carboxylic acid groups (broad SMARTS) is 1. The van der Waals surface area contributed by atoms with Crippen LogP contribution >= 0.6 is 0 Å². The summed E-state index contributed by atoms with van der Waals surface area (Å²) in [6.45, 7) is 1.70. The van der Waals surface area contributed by atoms with E-state index in [-0.39, 0.29) is 18.0 Å². The van der Waals surface area contributed by atoms with E-state index in [9.17, 15) is 13.2 Å². The molecule has 3 N–H and O–H groups in total. The lowest BCUT2D eigenvalue weighted by Gasteiger charge is -2.02. The third-order valence-corrected chi connectivity index (χ3v) is 3.23. The summed E-state index contributed by atoms with van der Waals surface area (Å²) in [5.41, 5.74) is 0. The third-order valence-electron chi connectivity index (χ3n) is 1.86. The SMILES string of the molecule is CCc1ncc(S(=O)(=O)NCCC(=O)O)[nH]1. The Bertz CT molecular complexity index is 465. The van der Waals surface area contributed by atoms with Crippen LogP contribution in [-0.2, 0) is 21.2 Å². The Morgan fingerprint density at radius 1 is 1.62 bits per heavy atom. The van der Waals surface area contributed by atoms with E-state index < -0.39 is 16.0 Å². The van der Waals surface area contributed by atoms with Crippen molar-refractivity contribution in [1.29, 1.82) is 0 Å². The number of carbonyl (C=O) groups is 1. The van der Waals surface area contributed by atoms with Crippen LogP contribution in [0, 0.1) is 0 Å². The van der Waals surface area contributed by atoms with Gasteiger partial charge in [-0.15, -0.1) is 0 Å². The number of imidazole rings is 1. The Kier molecular flexibility index (Phi) is 4.02. The molecule has 0 aliphatic carbocycles. The summed E-state index contributed by atoms with van der Waals surface area (Å²) in [7, 11) is -3.68. The highest BCUT2D eigenvalue weighted by Gasteiger charge is 2.16. The lowest BCUT2D eigenvalue weighted by Crippen LogP contribution is -2.26.